The van der Waals surface area contributed by atoms with Gasteiger partial charge >= 0.3 is 0 Å². The minimum Gasteiger partial charge on any atom is -0.352 e. The minimum atomic E-state index is -0.678. The summed E-state index contributed by atoms with van der Waals surface area (Å²) in [6, 6.07) is 0.414. The topological polar surface area (TPSA) is 55.1 Å². The predicted octanol–water partition coefficient (Wildman–Crippen LogP) is 0.392. The summed E-state index contributed by atoms with van der Waals surface area (Å²) in [6.07, 6.45) is 2.92. The highest BCUT2D eigenvalue weighted by molar-refractivity contribution is 5.85. The van der Waals surface area contributed by atoms with Gasteiger partial charge in [0, 0.05) is 6.04 Å². The molecular formula is C8H16N2O. The van der Waals surface area contributed by atoms with Crippen molar-refractivity contribution in [2.45, 2.75) is 44.7 Å². The van der Waals surface area contributed by atoms with E-state index in [1.165, 1.54) is 0 Å². The van der Waals surface area contributed by atoms with Gasteiger partial charge in [-0.25, -0.2) is 0 Å². The van der Waals surface area contributed by atoms with Crippen molar-refractivity contribution in [3.05, 3.63) is 0 Å². The summed E-state index contributed by atoms with van der Waals surface area (Å²) >= 11 is 0. The molecular weight excluding hydrogens is 140 g/mol. The summed E-state index contributed by atoms with van der Waals surface area (Å²) in [6.45, 7) is 3.69. The van der Waals surface area contributed by atoms with Crippen molar-refractivity contribution in [1.29, 1.82) is 0 Å². The summed E-state index contributed by atoms with van der Waals surface area (Å²) in [5.41, 5.74) is 5.05. The van der Waals surface area contributed by atoms with Crippen LogP contribution in [0, 0.1) is 0 Å². The Hall–Kier alpha value is -0.570. The largest absolute Gasteiger partial charge is 0.352 e. The number of nitrogens with one attached hydrogen (secondary N) is 1. The summed E-state index contributed by atoms with van der Waals surface area (Å²) in [5.74, 6) is -0.0116. The van der Waals surface area contributed by atoms with Crippen LogP contribution in [-0.4, -0.2) is 17.5 Å². The zero-order valence-electron chi connectivity index (χ0n) is 7.18. The Labute approximate surface area is 67.3 Å². The highest BCUT2D eigenvalue weighted by Crippen LogP contribution is 2.19. The molecule has 11 heavy (non-hydrogen) atoms. The monoisotopic (exact) mass is 156 g/mol. The third-order valence-corrected chi connectivity index (χ3v) is 2.17. The van der Waals surface area contributed by atoms with Crippen LogP contribution in [0.4, 0.5) is 0 Å². The first-order valence-corrected chi connectivity index (χ1v) is 4.16. The minimum absolute atomic E-state index is 0.0116. The van der Waals surface area contributed by atoms with Gasteiger partial charge in [-0.2, -0.15) is 0 Å². The van der Waals surface area contributed by atoms with Gasteiger partial charge in [0.25, 0.3) is 0 Å². The van der Waals surface area contributed by atoms with E-state index in [9.17, 15) is 4.79 Å². The van der Waals surface area contributed by atoms with Gasteiger partial charge in [0.05, 0.1) is 5.54 Å². The SMILES string of the molecule is CCC(C)(N)C(=O)NC1CC1. The molecule has 1 amide bonds. The molecule has 1 fully saturated rings. The van der Waals surface area contributed by atoms with E-state index in [0.717, 1.165) is 12.8 Å². The third-order valence-electron chi connectivity index (χ3n) is 2.17. The molecule has 0 aromatic carbocycles. The van der Waals surface area contributed by atoms with Crippen molar-refractivity contribution in [2.75, 3.05) is 0 Å². The second-order valence-electron chi connectivity index (χ2n) is 3.52. The molecule has 1 unspecified atom stereocenters. The van der Waals surface area contributed by atoms with Crippen LogP contribution in [0.1, 0.15) is 33.1 Å². The number of hydrogen-bond donors (Lipinski definition) is 2. The van der Waals surface area contributed by atoms with Crippen molar-refractivity contribution in [1.82, 2.24) is 5.32 Å². The molecule has 0 aliphatic heterocycles. The van der Waals surface area contributed by atoms with E-state index >= 15 is 0 Å². The standard InChI is InChI=1S/C8H16N2O/c1-3-8(2,9)7(11)10-6-4-5-6/h6H,3-5,9H2,1-2H3,(H,10,11). The quantitative estimate of drug-likeness (QED) is 0.621. The normalized spacial score (nSPS) is 22.5. The van der Waals surface area contributed by atoms with Gasteiger partial charge in [0.2, 0.25) is 5.91 Å². The molecule has 1 atom stereocenters. The molecule has 1 aliphatic rings. The maximum absolute atomic E-state index is 11.3. The molecule has 0 heterocycles. The Kier molecular flexibility index (Phi) is 2.18. The number of nitrogens with two attached hydrogens (primary N) is 1. The van der Waals surface area contributed by atoms with E-state index in [4.69, 9.17) is 5.73 Å². The van der Waals surface area contributed by atoms with Crippen LogP contribution in [0.15, 0.2) is 0 Å². The highest BCUT2D eigenvalue weighted by atomic mass is 16.2. The maximum atomic E-state index is 11.3. The van der Waals surface area contributed by atoms with E-state index in [-0.39, 0.29) is 5.91 Å². The van der Waals surface area contributed by atoms with Crippen LogP contribution in [-0.2, 0) is 4.79 Å². The van der Waals surface area contributed by atoms with E-state index in [2.05, 4.69) is 5.32 Å². The lowest BCUT2D eigenvalue weighted by molar-refractivity contribution is -0.126. The molecule has 0 bridgehead atoms. The number of carbonyl (C=O) groups excluding carboxylic acids is 1. The van der Waals surface area contributed by atoms with Crippen molar-refractivity contribution < 1.29 is 4.79 Å². The van der Waals surface area contributed by atoms with E-state index in [1.54, 1.807) is 6.92 Å². The second-order valence-corrected chi connectivity index (χ2v) is 3.52. The average molecular weight is 156 g/mol. The van der Waals surface area contributed by atoms with E-state index in [0.29, 0.717) is 12.5 Å². The maximum Gasteiger partial charge on any atom is 0.239 e. The summed E-state index contributed by atoms with van der Waals surface area (Å²) in [4.78, 5) is 11.3. The lowest BCUT2D eigenvalue weighted by Gasteiger charge is -2.21. The van der Waals surface area contributed by atoms with Crippen LogP contribution in [0.3, 0.4) is 0 Å². The van der Waals surface area contributed by atoms with E-state index < -0.39 is 5.54 Å². The molecule has 0 aromatic heterocycles. The van der Waals surface area contributed by atoms with E-state index in [1.807, 2.05) is 6.92 Å². The first-order valence-electron chi connectivity index (χ1n) is 4.16. The smallest absolute Gasteiger partial charge is 0.239 e. The van der Waals surface area contributed by atoms with Crippen molar-refractivity contribution >= 4 is 5.91 Å². The zero-order valence-corrected chi connectivity index (χ0v) is 7.18. The fourth-order valence-electron chi connectivity index (χ4n) is 0.738. The third kappa shape index (κ3) is 2.19. The zero-order chi connectivity index (χ0) is 8.48. The highest BCUT2D eigenvalue weighted by Gasteiger charge is 2.31. The van der Waals surface area contributed by atoms with Crippen molar-refractivity contribution in [3.63, 3.8) is 0 Å². The van der Waals surface area contributed by atoms with Crippen LogP contribution >= 0.6 is 0 Å². The summed E-state index contributed by atoms with van der Waals surface area (Å²) in [7, 11) is 0. The molecule has 1 rings (SSSR count). The predicted molar refractivity (Wildman–Crippen MR) is 44.0 cm³/mol. The Bertz CT molecular complexity index is 161. The fourth-order valence-corrected chi connectivity index (χ4v) is 0.738. The molecule has 0 radical (unpaired) electrons. The lowest BCUT2D eigenvalue weighted by Crippen LogP contribution is -2.51. The Balaban J connectivity index is 2.37. The fraction of sp³-hybridized carbons (Fsp3) is 0.875. The Morgan fingerprint density at radius 3 is 2.64 bits per heavy atom. The molecule has 0 aromatic rings. The Morgan fingerprint density at radius 2 is 2.27 bits per heavy atom. The second kappa shape index (κ2) is 2.81. The van der Waals surface area contributed by atoms with Crippen LogP contribution in [0.5, 0.6) is 0 Å². The Morgan fingerprint density at radius 1 is 1.73 bits per heavy atom. The van der Waals surface area contributed by atoms with Crippen LogP contribution in [0.25, 0.3) is 0 Å². The van der Waals surface area contributed by atoms with Gasteiger partial charge in [-0.15, -0.1) is 0 Å². The average Bonchev–Trinajstić information content (AvgIpc) is 2.72. The molecule has 1 saturated carbocycles. The van der Waals surface area contributed by atoms with Crippen molar-refractivity contribution in [2.24, 2.45) is 5.73 Å². The van der Waals surface area contributed by atoms with Gasteiger partial charge in [-0.3, -0.25) is 4.79 Å². The van der Waals surface area contributed by atoms with Crippen LogP contribution in [0.2, 0.25) is 0 Å². The van der Waals surface area contributed by atoms with Gasteiger partial charge in [-0.1, -0.05) is 6.92 Å². The van der Waals surface area contributed by atoms with Gasteiger partial charge in [0.1, 0.15) is 0 Å². The number of rotatable bonds is 3. The van der Waals surface area contributed by atoms with Gasteiger partial charge in [-0.05, 0) is 26.2 Å². The summed E-state index contributed by atoms with van der Waals surface area (Å²) in [5, 5.41) is 2.88. The summed E-state index contributed by atoms with van der Waals surface area (Å²) < 4.78 is 0. The van der Waals surface area contributed by atoms with Crippen molar-refractivity contribution in [3.8, 4) is 0 Å². The molecule has 3 nitrogen and oxygen atoms in total. The first kappa shape index (κ1) is 8.53. The number of amides is 1. The molecule has 3 N–H and O–H groups in total. The molecule has 64 valence electrons. The molecule has 1 aliphatic carbocycles. The van der Waals surface area contributed by atoms with Gasteiger partial charge < -0.3 is 11.1 Å². The molecule has 0 spiro atoms. The molecule has 0 saturated heterocycles. The first-order chi connectivity index (χ1) is 5.06. The number of carbonyl (C=O) groups is 1. The number of hydrogen-bond acceptors (Lipinski definition) is 2. The van der Waals surface area contributed by atoms with Gasteiger partial charge in [0.15, 0.2) is 0 Å². The molecule has 3 heteroatoms. The lowest BCUT2D eigenvalue weighted by atomic mass is 10.00. The van der Waals surface area contributed by atoms with Crippen LogP contribution < -0.4 is 11.1 Å².